The van der Waals surface area contributed by atoms with Crippen LogP contribution in [0.4, 0.5) is 4.79 Å². The molecule has 208 valence electrons. The monoisotopic (exact) mass is 543 g/mol. The first kappa shape index (κ1) is 27.1. The number of methoxy groups -OCH3 is 3. The van der Waals surface area contributed by atoms with Gasteiger partial charge in [0.15, 0.2) is 17.2 Å². The molecule has 1 aromatic heterocycles. The van der Waals surface area contributed by atoms with E-state index in [2.05, 4.69) is 11.5 Å². The number of benzene rings is 3. The number of rotatable bonds is 8. The van der Waals surface area contributed by atoms with E-state index < -0.39 is 6.16 Å². The lowest BCUT2D eigenvalue weighted by molar-refractivity contribution is -0.140. The first-order chi connectivity index (χ1) is 19.4. The van der Waals surface area contributed by atoms with E-state index in [1.54, 1.807) is 21.1 Å². The van der Waals surface area contributed by atoms with Crippen molar-refractivity contribution in [3.63, 3.8) is 0 Å². The van der Waals surface area contributed by atoms with Gasteiger partial charge in [0.1, 0.15) is 0 Å². The van der Waals surface area contributed by atoms with Gasteiger partial charge in [-0.1, -0.05) is 42.5 Å². The van der Waals surface area contributed by atoms with E-state index in [4.69, 9.17) is 23.7 Å². The molecule has 0 amide bonds. The molecule has 0 saturated heterocycles. The van der Waals surface area contributed by atoms with Gasteiger partial charge < -0.3 is 28.3 Å². The van der Waals surface area contributed by atoms with E-state index in [0.29, 0.717) is 30.1 Å². The molecular weight excluding hydrogens is 510 g/mol. The molecule has 1 aliphatic heterocycles. The van der Waals surface area contributed by atoms with Crippen LogP contribution in [0.2, 0.25) is 0 Å². The zero-order valence-electron chi connectivity index (χ0n) is 23.4. The Morgan fingerprint density at radius 2 is 1.68 bits per heavy atom. The summed E-state index contributed by atoms with van der Waals surface area (Å²) >= 11 is 0. The fourth-order valence-corrected chi connectivity index (χ4v) is 5.69. The summed E-state index contributed by atoms with van der Waals surface area (Å²) in [5.74, 6) is 1.26. The molecule has 4 aromatic rings. The van der Waals surface area contributed by atoms with Gasteiger partial charge in [-0.2, -0.15) is 0 Å². The highest BCUT2D eigenvalue weighted by molar-refractivity contribution is 6.01. The Balaban J connectivity index is 1.88. The minimum absolute atomic E-state index is 0.0125. The molecule has 1 unspecified atom stereocenters. The zero-order chi connectivity index (χ0) is 28.4. The third-order valence-corrected chi connectivity index (χ3v) is 7.38. The predicted octanol–water partition coefficient (Wildman–Crippen LogP) is 6.75. The molecule has 5 rings (SSSR count). The summed E-state index contributed by atoms with van der Waals surface area (Å²) in [5, 5.41) is 2.05. The van der Waals surface area contributed by atoms with Crippen molar-refractivity contribution in [1.29, 1.82) is 0 Å². The average Bonchev–Trinajstić information content (AvgIpc) is 3.29. The molecule has 1 aliphatic rings. The molecule has 0 radical (unpaired) electrons. The van der Waals surface area contributed by atoms with Crippen LogP contribution in [0, 0.1) is 0 Å². The number of aromatic nitrogens is 1. The largest absolute Gasteiger partial charge is 0.513 e. The average molecular weight is 544 g/mol. The second-order valence-electron chi connectivity index (χ2n) is 9.67. The number of hydrogen-bond donors (Lipinski definition) is 0. The van der Waals surface area contributed by atoms with Gasteiger partial charge in [0.25, 0.3) is 0 Å². The van der Waals surface area contributed by atoms with Crippen molar-refractivity contribution < 1.29 is 33.3 Å². The number of esters is 1. The quantitative estimate of drug-likeness (QED) is 0.227. The van der Waals surface area contributed by atoms with Crippen molar-refractivity contribution in [2.75, 3.05) is 27.9 Å². The van der Waals surface area contributed by atoms with Gasteiger partial charge in [-0.3, -0.25) is 4.79 Å². The standard InChI is InChI=1S/C32H33NO7/c1-6-39-32(35)40-31-29(23-13-9-11-20-10-7-8-12-22(20)23)25(14-15-28(34)38-5)33-19(2)16-21-17-26(36-3)27(37-4)18-24(21)30(31)33/h7-13,17-19H,6,14-16H2,1-5H3. The maximum Gasteiger partial charge on any atom is 0.513 e. The number of carbonyl (C=O) groups is 2. The van der Waals surface area contributed by atoms with E-state index in [0.717, 1.165) is 44.4 Å². The Bertz CT molecular complexity index is 1580. The van der Waals surface area contributed by atoms with Gasteiger partial charge in [-0.15, -0.1) is 0 Å². The Labute approximate surface area is 233 Å². The molecule has 0 spiro atoms. The van der Waals surface area contributed by atoms with Crippen LogP contribution in [0.15, 0.2) is 54.6 Å². The molecule has 8 nitrogen and oxygen atoms in total. The Morgan fingerprint density at radius 3 is 2.40 bits per heavy atom. The molecule has 0 fully saturated rings. The lowest BCUT2D eigenvalue weighted by atomic mass is 9.93. The smallest absolute Gasteiger partial charge is 0.493 e. The Kier molecular flexibility index (Phi) is 7.69. The highest BCUT2D eigenvalue weighted by Gasteiger charge is 2.35. The van der Waals surface area contributed by atoms with Gasteiger partial charge in [0.05, 0.1) is 40.1 Å². The minimum Gasteiger partial charge on any atom is -0.493 e. The third-order valence-electron chi connectivity index (χ3n) is 7.38. The number of ether oxygens (including phenoxy) is 5. The maximum atomic E-state index is 12.9. The van der Waals surface area contributed by atoms with Crippen LogP contribution in [0.1, 0.15) is 37.6 Å². The van der Waals surface area contributed by atoms with E-state index in [1.807, 2.05) is 54.6 Å². The van der Waals surface area contributed by atoms with E-state index in [-0.39, 0.29) is 25.0 Å². The normalized spacial score (nSPS) is 13.8. The van der Waals surface area contributed by atoms with Crippen molar-refractivity contribution >= 4 is 22.9 Å². The zero-order valence-corrected chi connectivity index (χ0v) is 23.4. The van der Waals surface area contributed by atoms with Crippen LogP contribution >= 0.6 is 0 Å². The van der Waals surface area contributed by atoms with E-state index in [9.17, 15) is 9.59 Å². The number of nitrogens with zero attached hydrogens (tertiary/aromatic N) is 1. The SMILES string of the molecule is CCOC(=O)Oc1c(-c2cccc3ccccc23)c(CCC(=O)OC)n2c1-c1cc(OC)c(OC)cc1CC2C. The van der Waals surface area contributed by atoms with Crippen molar-refractivity contribution in [3.8, 4) is 39.6 Å². The van der Waals surface area contributed by atoms with E-state index >= 15 is 0 Å². The Hall–Kier alpha value is -4.46. The predicted molar refractivity (Wildman–Crippen MR) is 152 cm³/mol. The molecular formula is C32H33NO7. The first-order valence-corrected chi connectivity index (χ1v) is 13.3. The maximum absolute atomic E-state index is 12.9. The number of carbonyl (C=O) groups excluding carboxylic acids is 2. The van der Waals surface area contributed by atoms with Crippen molar-refractivity contribution in [3.05, 3.63) is 65.9 Å². The molecule has 40 heavy (non-hydrogen) atoms. The lowest BCUT2D eigenvalue weighted by Gasteiger charge is -2.29. The highest BCUT2D eigenvalue weighted by atomic mass is 16.7. The fourth-order valence-electron chi connectivity index (χ4n) is 5.69. The van der Waals surface area contributed by atoms with Gasteiger partial charge >= 0.3 is 12.1 Å². The first-order valence-electron chi connectivity index (χ1n) is 13.3. The molecule has 0 saturated carbocycles. The fraction of sp³-hybridized carbons (Fsp3) is 0.312. The summed E-state index contributed by atoms with van der Waals surface area (Å²) < 4.78 is 29.7. The van der Waals surface area contributed by atoms with Gasteiger partial charge in [0.2, 0.25) is 0 Å². The number of hydrogen-bond acceptors (Lipinski definition) is 7. The van der Waals surface area contributed by atoms with Crippen LogP contribution in [0.5, 0.6) is 17.2 Å². The van der Waals surface area contributed by atoms with Crippen LogP contribution in [0.3, 0.4) is 0 Å². The molecule has 0 bridgehead atoms. The van der Waals surface area contributed by atoms with Crippen molar-refractivity contribution in [2.45, 2.75) is 39.2 Å². The van der Waals surface area contributed by atoms with Crippen LogP contribution < -0.4 is 14.2 Å². The van der Waals surface area contributed by atoms with Crippen molar-refractivity contribution in [2.24, 2.45) is 0 Å². The second-order valence-corrected chi connectivity index (χ2v) is 9.67. The molecule has 2 heterocycles. The summed E-state index contributed by atoms with van der Waals surface area (Å²) in [7, 11) is 4.58. The lowest BCUT2D eigenvalue weighted by Crippen LogP contribution is -2.19. The molecule has 8 heteroatoms. The van der Waals surface area contributed by atoms with E-state index in [1.165, 1.54) is 7.11 Å². The molecule has 0 aliphatic carbocycles. The van der Waals surface area contributed by atoms with Gasteiger partial charge in [0, 0.05) is 22.9 Å². The second kappa shape index (κ2) is 11.3. The summed E-state index contributed by atoms with van der Waals surface area (Å²) in [6.45, 7) is 4.02. The summed E-state index contributed by atoms with van der Waals surface area (Å²) in [5.41, 5.74) is 5.15. The van der Waals surface area contributed by atoms with Crippen LogP contribution in [0.25, 0.3) is 33.2 Å². The topological polar surface area (TPSA) is 85.2 Å². The summed E-state index contributed by atoms with van der Waals surface area (Å²) in [6, 6.07) is 18.0. The number of fused-ring (bicyclic) bond motifs is 4. The molecule has 0 N–H and O–H groups in total. The van der Waals surface area contributed by atoms with Gasteiger partial charge in [-0.05, 0) is 60.7 Å². The molecule has 3 aromatic carbocycles. The Morgan fingerprint density at radius 1 is 0.950 bits per heavy atom. The van der Waals surface area contributed by atoms with Gasteiger partial charge in [-0.25, -0.2) is 4.79 Å². The summed E-state index contributed by atoms with van der Waals surface area (Å²) in [6.07, 6.45) is 0.465. The van der Waals surface area contributed by atoms with Crippen LogP contribution in [-0.4, -0.2) is 44.6 Å². The summed E-state index contributed by atoms with van der Waals surface area (Å²) in [4.78, 5) is 25.3. The molecule has 1 atom stereocenters. The van der Waals surface area contributed by atoms with Crippen molar-refractivity contribution in [1.82, 2.24) is 4.57 Å². The highest BCUT2D eigenvalue weighted by Crippen LogP contribution is 2.52. The minimum atomic E-state index is -0.794. The third kappa shape index (κ3) is 4.74. The van der Waals surface area contributed by atoms with Crippen LogP contribution in [-0.2, 0) is 27.1 Å².